The second-order valence-electron chi connectivity index (χ2n) is 3.64. The van der Waals surface area contributed by atoms with Gasteiger partial charge in [-0.2, -0.15) is 0 Å². The highest BCUT2D eigenvalue weighted by Crippen LogP contribution is 2.28. The summed E-state index contributed by atoms with van der Waals surface area (Å²) in [6.07, 6.45) is -3.26. The zero-order valence-corrected chi connectivity index (χ0v) is 8.67. The van der Waals surface area contributed by atoms with Crippen molar-refractivity contribution in [2.75, 3.05) is 6.61 Å². The molecule has 1 fully saturated rings. The lowest BCUT2D eigenvalue weighted by atomic mass is 10.1. The first-order valence-electron chi connectivity index (χ1n) is 4.88. The van der Waals surface area contributed by atoms with Gasteiger partial charge < -0.3 is 25.8 Å². The van der Waals surface area contributed by atoms with Crippen LogP contribution in [0, 0.1) is 0 Å². The van der Waals surface area contributed by atoms with Crippen LogP contribution in [0.25, 0.3) is 0 Å². The van der Waals surface area contributed by atoms with Crippen LogP contribution in [0.5, 0.6) is 0 Å². The Labute approximate surface area is 95.4 Å². The number of carbonyl (C=O) groups is 1. The Morgan fingerprint density at radius 1 is 1.53 bits per heavy atom. The molecule has 9 heteroatoms. The summed E-state index contributed by atoms with van der Waals surface area (Å²) in [5.41, 5.74) is 4.97. The Bertz CT molecular complexity index is 422. The molecule has 5 N–H and O–H groups in total. The number of carbonyl (C=O) groups excluding carboxylic acids is 1. The normalized spacial score (nSPS) is 32.9. The second kappa shape index (κ2) is 4.37. The first kappa shape index (κ1) is 11.9. The molecule has 2 heterocycles. The Balaban J connectivity index is 2.19. The van der Waals surface area contributed by atoms with E-state index in [9.17, 15) is 15.0 Å². The number of hydrogen-bond donors (Lipinski definition) is 4. The zero-order chi connectivity index (χ0) is 12.6. The number of primary amides is 1. The first-order valence-corrected chi connectivity index (χ1v) is 4.88. The van der Waals surface area contributed by atoms with Crippen molar-refractivity contribution >= 4 is 5.91 Å². The molecule has 9 nitrogen and oxygen atoms in total. The van der Waals surface area contributed by atoms with Gasteiger partial charge in [0.05, 0.1) is 6.61 Å². The highest BCUT2D eigenvalue weighted by Gasteiger charge is 2.43. The van der Waals surface area contributed by atoms with Gasteiger partial charge in [-0.15, -0.1) is 5.10 Å². The summed E-state index contributed by atoms with van der Waals surface area (Å²) < 4.78 is 6.25. The van der Waals surface area contributed by atoms with Crippen LogP contribution in [0.3, 0.4) is 0 Å². The van der Waals surface area contributed by atoms with E-state index in [1.54, 1.807) is 0 Å². The molecule has 0 radical (unpaired) electrons. The van der Waals surface area contributed by atoms with Gasteiger partial charge in [0, 0.05) is 0 Å². The molecule has 0 aromatic carbocycles. The molecule has 0 aliphatic carbocycles. The molecule has 17 heavy (non-hydrogen) atoms. The van der Waals surface area contributed by atoms with E-state index in [0.717, 1.165) is 11.0 Å². The lowest BCUT2D eigenvalue weighted by molar-refractivity contribution is -0.0588. The standard InChI is InChI=1S/C8H12N4O5/c9-6(16)7-10-2-12(11-7)8-5(15)4(14)3(1-13)17-8/h2-5,8,13-15H,1H2,(H2,9,16)/t3-,4+,5+,8-/m1/s1. The first-order chi connectivity index (χ1) is 8.04. The van der Waals surface area contributed by atoms with Crippen molar-refractivity contribution in [3.63, 3.8) is 0 Å². The van der Waals surface area contributed by atoms with Crippen molar-refractivity contribution in [2.24, 2.45) is 5.73 Å². The predicted octanol–water partition coefficient (Wildman–Crippen LogP) is -3.01. The molecule has 0 unspecified atom stereocenters. The summed E-state index contributed by atoms with van der Waals surface area (Å²) >= 11 is 0. The van der Waals surface area contributed by atoms with E-state index in [0.29, 0.717) is 0 Å². The van der Waals surface area contributed by atoms with Crippen LogP contribution in [0.15, 0.2) is 6.33 Å². The van der Waals surface area contributed by atoms with Gasteiger partial charge in [0.2, 0.25) is 5.82 Å². The summed E-state index contributed by atoms with van der Waals surface area (Å²) in [6, 6.07) is 0. The van der Waals surface area contributed by atoms with Gasteiger partial charge in [0.1, 0.15) is 24.6 Å². The van der Waals surface area contributed by atoms with E-state index in [-0.39, 0.29) is 5.82 Å². The molecule has 1 aromatic rings. The third-order valence-corrected chi connectivity index (χ3v) is 2.51. The van der Waals surface area contributed by atoms with E-state index >= 15 is 0 Å². The molecule has 1 aliphatic rings. The molecule has 1 aromatic heterocycles. The third-order valence-electron chi connectivity index (χ3n) is 2.51. The topological polar surface area (TPSA) is 144 Å². The fourth-order valence-corrected chi connectivity index (χ4v) is 1.61. The zero-order valence-electron chi connectivity index (χ0n) is 8.67. The molecule has 0 spiro atoms. The highest BCUT2D eigenvalue weighted by atomic mass is 16.6. The fraction of sp³-hybridized carbons (Fsp3) is 0.625. The third kappa shape index (κ3) is 2.00. The van der Waals surface area contributed by atoms with Crippen molar-refractivity contribution in [3.8, 4) is 0 Å². The minimum Gasteiger partial charge on any atom is -0.394 e. The van der Waals surface area contributed by atoms with E-state index in [1.165, 1.54) is 0 Å². The van der Waals surface area contributed by atoms with Gasteiger partial charge in [-0.1, -0.05) is 0 Å². The molecular weight excluding hydrogens is 232 g/mol. The number of amides is 1. The molecule has 1 saturated heterocycles. The summed E-state index contributed by atoms with van der Waals surface area (Å²) in [4.78, 5) is 14.4. The molecule has 4 atom stereocenters. The monoisotopic (exact) mass is 244 g/mol. The van der Waals surface area contributed by atoms with Gasteiger partial charge in [-0.25, -0.2) is 9.67 Å². The van der Waals surface area contributed by atoms with Crippen LogP contribution in [-0.4, -0.2) is 60.9 Å². The maximum absolute atomic E-state index is 10.8. The molecule has 94 valence electrons. The number of ether oxygens (including phenoxy) is 1. The summed E-state index contributed by atoms with van der Waals surface area (Å²) in [5.74, 6) is -1.03. The number of aliphatic hydroxyl groups excluding tert-OH is 3. The molecular formula is C8H12N4O5. The molecule has 2 rings (SSSR count). The van der Waals surface area contributed by atoms with E-state index in [4.69, 9.17) is 15.6 Å². The SMILES string of the molecule is NC(=O)c1ncn([C@@H]2O[C@H](CO)[C@H](O)[C@@H]2O)n1. The van der Waals surface area contributed by atoms with Gasteiger partial charge >= 0.3 is 0 Å². The summed E-state index contributed by atoms with van der Waals surface area (Å²) in [6.45, 7) is -0.438. The average Bonchev–Trinajstić information content (AvgIpc) is 2.87. The molecule has 1 amide bonds. The van der Waals surface area contributed by atoms with Crippen LogP contribution < -0.4 is 5.73 Å². The van der Waals surface area contributed by atoms with Crippen LogP contribution in [0.1, 0.15) is 16.8 Å². The number of nitrogens with zero attached hydrogens (tertiary/aromatic N) is 3. The van der Waals surface area contributed by atoms with E-state index in [1.807, 2.05) is 0 Å². The Kier molecular flexibility index (Phi) is 3.07. The van der Waals surface area contributed by atoms with Gasteiger partial charge in [-0.05, 0) is 0 Å². The molecule has 1 aliphatic heterocycles. The molecule has 0 saturated carbocycles. The van der Waals surface area contributed by atoms with Crippen molar-refractivity contribution in [1.82, 2.24) is 14.8 Å². The minimum absolute atomic E-state index is 0.220. The maximum atomic E-state index is 10.8. The number of rotatable bonds is 3. The van der Waals surface area contributed by atoms with Gasteiger partial charge in [-0.3, -0.25) is 4.79 Å². The van der Waals surface area contributed by atoms with E-state index < -0.39 is 37.1 Å². The predicted molar refractivity (Wildman–Crippen MR) is 51.5 cm³/mol. The van der Waals surface area contributed by atoms with Crippen LogP contribution in [0.4, 0.5) is 0 Å². The van der Waals surface area contributed by atoms with Crippen LogP contribution in [0.2, 0.25) is 0 Å². The van der Waals surface area contributed by atoms with Crippen LogP contribution in [-0.2, 0) is 4.74 Å². The quantitative estimate of drug-likeness (QED) is 0.443. The fourth-order valence-electron chi connectivity index (χ4n) is 1.61. The Morgan fingerprint density at radius 2 is 2.24 bits per heavy atom. The highest BCUT2D eigenvalue weighted by molar-refractivity contribution is 5.88. The Hall–Kier alpha value is -1.55. The number of nitrogens with two attached hydrogens (primary N) is 1. The number of aliphatic hydroxyl groups is 3. The number of hydrogen-bond acceptors (Lipinski definition) is 7. The lowest BCUT2D eigenvalue weighted by Gasteiger charge is -2.13. The minimum atomic E-state index is -1.27. The number of aromatic nitrogens is 3. The van der Waals surface area contributed by atoms with E-state index in [2.05, 4.69) is 10.1 Å². The Morgan fingerprint density at radius 3 is 2.71 bits per heavy atom. The van der Waals surface area contributed by atoms with Crippen molar-refractivity contribution in [2.45, 2.75) is 24.5 Å². The summed E-state index contributed by atoms with van der Waals surface area (Å²) in [7, 11) is 0. The second-order valence-corrected chi connectivity index (χ2v) is 3.64. The maximum Gasteiger partial charge on any atom is 0.288 e. The summed E-state index contributed by atoms with van der Waals surface area (Å²) in [5, 5.41) is 31.8. The van der Waals surface area contributed by atoms with Crippen LogP contribution >= 0.6 is 0 Å². The molecule has 0 bridgehead atoms. The largest absolute Gasteiger partial charge is 0.394 e. The smallest absolute Gasteiger partial charge is 0.288 e. The van der Waals surface area contributed by atoms with Gasteiger partial charge in [0.25, 0.3) is 5.91 Å². The van der Waals surface area contributed by atoms with Crippen molar-refractivity contribution in [3.05, 3.63) is 12.2 Å². The average molecular weight is 244 g/mol. The lowest BCUT2D eigenvalue weighted by Crippen LogP contribution is -2.33. The van der Waals surface area contributed by atoms with Crippen molar-refractivity contribution < 1.29 is 24.9 Å². The van der Waals surface area contributed by atoms with Gasteiger partial charge in [0.15, 0.2) is 6.23 Å². The van der Waals surface area contributed by atoms with Crippen molar-refractivity contribution in [1.29, 1.82) is 0 Å².